The molecule has 2 heteroatoms. The Hall–Kier alpha value is -1.64. The molecule has 106 valence electrons. The van der Waals surface area contributed by atoms with Crippen LogP contribution in [0.3, 0.4) is 0 Å². The lowest BCUT2D eigenvalue weighted by molar-refractivity contribution is 0.205. The monoisotopic (exact) mass is 268 g/mol. The van der Waals surface area contributed by atoms with Gasteiger partial charge in [0.1, 0.15) is 0 Å². The molecule has 0 saturated heterocycles. The lowest BCUT2D eigenvalue weighted by Crippen LogP contribution is -2.45. The van der Waals surface area contributed by atoms with Crippen LogP contribution in [0, 0.1) is 0 Å². The zero-order chi connectivity index (χ0) is 14.8. The first-order valence-corrected chi connectivity index (χ1v) is 7.00. The fourth-order valence-corrected chi connectivity index (χ4v) is 2.88. The van der Waals surface area contributed by atoms with Crippen molar-refractivity contribution >= 4 is 0 Å². The second-order valence-corrected chi connectivity index (χ2v) is 6.18. The Bertz CT molecular complexity index is 536. The Labute approximate surface area is 122 Å². The first-order valence-electron chi connectivity index (χ1n) is 7.00. The van der Waals surface area contributed by atoms with Gasteiger partial charge in [-0.15, -0.1) is 0 Å². The fraction of sp³-hybridized carbons (Fsp3) is 0.333. The average molecular weight is 268 g/mol. The predicted octanol–water partition coefficient (Wildman–Crippen LogP) is 3.69. The van der Waals surface area contributed by atoms with Crippen molar-refractivity contribution in [2.24, 2.45) is 5.73 Å². The number of nitrogens with two attached hydrogens (primary N) is 1. The summed E-state index contributed by atoms with van der Waals surface area (Å²) in [6.45, 7) is 4.14. The smallest absolute Gasteiger partial charge is 0.0517 e. The van der Waals surface area contributed by atoms with Gasteiger partial charge in [-0.1, -0.05) is 54.6 Å². The van der Waals surface area contributed by atoms with Gasteiger partial charge in [-0.05, 0) is 44.6 Å². The highest BCUT2D eigenvalue weighted by Gasteiger charge is 2.28. The highest BCUT2D eigenvalue weighted by Crippen LogP contribution is 2.29. The van der Waals surface area contributed by atoms with Crippen molar-refractivity contribution < 1.29 is 0 Å². The molecule has 0 aliphatic carbocycles. The van der Waals surface area contributed by atoms with E-state index in [4.69, 9.17) is 5.73 Å². The molecule has 2 aromatic rings. The standard InChI is InChI=1S/C18H24N2/c1-18(2,19)17(20(3)4)16-12-10-15(11-13-16)14-8-6-5-7-9-14/h5-13,17H,19H2,1-4H3. The molecule has 0 aliphatic rings. The molecule has 0 spiro atoms. The summed E-state index contributed by atoms with van der Waals surface area (Å²) in [4.78, 5) is 2.18. The van der Waals surface area contributed by atoms with Crippen molar-refractivity contribution in [2.45, 2.75) is 25.4 Å². The number of rotatable bonds is 4. The molecule has 2 N–H and O–H groups in total. The van der Waals surface area contributed by atoms with E-state index in [2.05, 4.69) is 81.4 Å². The first kappa shape index (κ1) is 14.8. The molecule has 0 aromatic heterocycles. The molecule has 0 fully saturated rings. The van der Waals surface area contributed by atoms with Crippen LogP contribution >= 0.6 is 0 Å². The molecular formula is C18H24N2. The maximum atomic E-state index is 6.32. The minimum Gasteiger partial charge on any atom is -0.324 e. The zero-order valence-corrected chi connectivity index (χ0v) is 12.8. The Kier molecular flexibility index (Phi) is 4.26. The predicted molar refractivity (Wildman–Crippen MR) is 86.6 cm³/mol. The molecule has 2 aromatic carbocycles. The summed E-state index contributed by atoms with van der Waals surface area (Å²) < 4.78 is 0. The lowest BCUT2D eigenvalue weighted by atomic mass is 9.88. The summed E-state index contributed by atoms with van der Waals surface area (Å²) >= 11 is 0. The lowest BCUT2D eigenvalue weighted by Gasteiger charge is -2.36. The number of hydrogen-bond acceptors (Lipinski definition) is 2. The van der Waals surface area contributed by atoms with Crippen LogP contribution < -0.4 is 5.73 Å². The summed E-state index contributed by atoms with van der Waals surface area (Å²) in [5.74, 6) is 0. The molecule has 1 atom stereocenters. The minimum atomic E-state index is -0.280. The molecule has 0 saturated carbocycles. The van der Waals surface area contributed by atoms with Crippen LogP contribution in [0.25, 0.3) is 11.1 Å². The van der Waals surface area contributed by atoms with Crippen LogP contribution in [0.1, 0.15) is 25.5 Å². The third-order valence-electron chi connectivity index (χ3n) is 3.55. The van der Waals surface area contributed by atoms with Gasteiger partial charge < -0.3 is 10.6 Å². The van der Waals surface area contributed by atoms with Gasteiger partial charge in [0.25, 0.3) is 0 Å². The van der Waals surface area contributed by atoms with Crippen LogP contribution in [0.4, 0.5) is 0 Å². The average Bonchev–Trinajstić information content (AvgIpc) is 2.38. The molecule has 1 unspecified atom stereocenters. The Balaban J connectivity index is 2.32. The topological polar surface area (TPSA) is 29.3 Å². The van der Waals surface area contributed by atoms with Crippen LogP contribution in [0.5, 0.6) is 0 Å². The van der Waals surface area contributed by atoms with Gasteiger partial charge in [0.15, 0.2) is 0 Å². The second-order valence-electron chi connectivity index (χ2n) is 6.18. The molecule has 0 heterocycles. The van der Waals surface area contributed by atoms with Gasteiger partial charge in [-0.25, -0.2) is 0 Å². The van der Waals surface area contributed by atoms with E-state index in [1.807, 2.05) is 6.07 Å². The van der Waals surface area contributed by atoms with E-state index < -0.39 is 0 Å². The number of likely N-dealkylation sites (N-methyl/N-ethyl adjacent to an activating group) is 1. The third-order valence-corrected chi connectivity index (χ3v) is 3.55. The fourth-order valence-electron chi connectivity index (χ4n) is 2.88. The maximum absolute atomic E-state index is 6.32. The van der Waals surface area contributed by atoms with Crippen LogP contribution in [0.2, 0.25) is 0 Å². The molecule has 0 radical (unpaired) electrons. The highest BCUT2D eigenvalue weighted by atomic mass is 15.1. The zero-order valence-electron chi connectivity index (χ0n) is 12.8. The van der Waals surface area contributed by atoms with Crippen molar-refractivity contribution in [1.82, 2.24) is 4.90 Å². The summed E-state index contributed by atoms with van der Waals surface area (Å²) in [6.07, 6.45) is 0. The molecular weight excluding hydrogens is 244 g/mol. The van der Waals surface area contributed by atoms with Crippen molar-refractivity contribution in [3.8, 4) is 11.1 Å². The van der Waals surface area contributed by atoms with Crippen LogP contribution in [-0.2, 0) is 0 Å². The summed E-state index contributed by atoms with van der Waals surface area (Å²) in [7, 11) is 4.15. The van der Waals surface area contributed by atoms with E-state index in [0.29, 0.717) is 0 Å². The van der Waals surface area contributed by atoms with Crippen molar-refractivity contribution in [3.63, 3.8) is 0 Å². The second kappa shape index (κ2) is 5.78. The van der Waals surface area contributed by atoms with E-state index in [-0.39, 0.29) is 11.6 Å². The van der Waals surface area contributed by atoms with E-state index >= 15 is 0 Å². The molecule has 0 aliphatic heterocycles. The van der Waals surface area contributed by atoms with Gasteiger partial charge in [0, 0.05) is 5.54 Å². The normalized spacial score (nSPS) is 13.5. The number of hydrogen-bond donors (Lipinski definition) is 1. The van der Waals surface area contributed by atoms with Crippen LogP contribution in [-0.4, -0.2) is 24.5 Å². The first-order chi connectivity index (χ1) is 9.39. The van der Waals surface area contributed by atoms with E-state index in [9.17, 15) is 0 Å². The van der Waals surface area contributed by atoms with Crippen LogP contribution in [0.15, 0.2) is 54.6 Å². The van der Waals surface area contributed by atoms with Gasteiger partial charge in [-0.2, -0.15) is 0 Å². The van der Waals surface area contributed by atoms with Crippen molar-refractivity contribution in [3.05, 3.63) is 60.2 Å². The summed E-state index contributed by atoms with van der Waals surface area (Å²) in [6, 6.07) is 19.3. The summed E-state index contributed by atoms with van der Waals surface area (Å²) in [5, 5.41) is 0. The maximum Gasteiger partial charge on any atom is 0.0517 e. The highest BCUT2D eigenvalue weighted by molar-refractivity contribution is 5.63. The molecule has 20 heavy (non-hydrogen) atoms. The SMILES string of the molecule is CN(C)C(c1ccc(-c2ccccc2)cc1)C(C)(C)N. The van der Waals surface area contributed by atoms with Crippen molar-refractivity contribution in [2.75, 3.05) is 14.1 Å². The van der Waals surface area contributed by atoms with Gasteiger partial charge in [0.05, 0.1) is 6.04 Å². The number of benzene rings is 2. The summed E-state index contributed by atoms with van der Waals surface area (Å²) in [5.41, 5.74) is 9.77. The molecule has 2 rings (SSSR count). The van der Waals surface area contributed by atoms with E-state index in [1.165, 1.54) is 16.7 Å². The third kappa shape index (κ3) is 3.27. The van der Waals surface area contributed by atoms with Gasteiger partial charge >= 0.3 is 0 Å². The largest absolute Gasteiger partial charge is 0.324 e. The Morgan fingerprint density at radius 3 is 1.80 bits per heavy atom. The quantitative estimate of drug-likeness (QED) is 0.916. The van der Waals surface area contributed by atoms with E-state index in [0.717, 1.165) is 0 Å². The Morgan fingerprint density at radius 1 is 0.850 bits per heavy atom. The Morgan fingerprint density at radius 2 is 1.35 bits per heavy atom. The van der Waals surface area contributed by atoms with Gasteiger partial charge in [-0.3, -0.25) is 0 Å². The molecule has 2 nitrogen and oxygen atoms in total. The van der Waals surface area contributed by atoms with Gasteiger partial charge in [0.2, 0.25) is 0 Å². The van der Waals surface area contributed by atoms with E-state index in [1.54, 1.807) is 0 Å². The minimum absolute atomic E-state index is 0.201. The van der Waals surface area contributed by atoms with Crippen molar-refractivity contribution in [1.29, 1.82) is 0 Å². The number of nitrogens with zero attached hydrogens (tertiary/aromatic N) is 1. The molecule has 0 amide bonds. The molecule has 0 bridgehead atoms.